The van der Waals surface area contributed by atoms with E-state index in [1.54, 1.807) is 23.5 Å². The first-order valence-corrected chi connectivity index (χ1v) is 8.78. The summed E-state index contributed by atoms with van der Waals surface area (Å²) < 4.78 is -0.108. The van der Waals surface area contributed by atoms with Crippen LogP contribution in [-0.4, -0.2) is 32.6 Å². The number of nitrogens with zero attached hydrogens (tertiary/aromatic N) is 2. The molecule has 1 saturated heterocycles. The number of carbonyl (C=O) groups is 1. The molecule has 1 N–H and O–H groups in total. The molecule has 1 aromatic rings. The van der Waals surface area contributed by atoms with E-state index in [1.165, 1.54) is 24.4 Å². The van der Waals surface area contributed by atoms with Crippen LogP contribution in [0.15, 0.2) is 23.3 Å². The van der Waals surface area contributed by atoms with Gasteiger partial charge in [0.15, 0.2) is 0 Å². The van der Waals surface area contributed by atoms with Crippen molar-refractivity contribution < 1.29 is 9.72 Å². The molecule has 0 radical (unpaired) electrons. The van der Waals surface area contributed by atoms with E-state index < -0.39 is 4.92 Å². The Bertz CT molecular complexity index is 619. The summed E-state index contributed by atoms with van der Waals surface area (Å²) in [6, 6.07) is 4.05. The average molecular weight is 360 g/mol. The molecule has 0 unspecified atom stereocenters. The Morgan fingerprint density at radius 1 is 1.55 bits per heavy atom. The van der Waals surface area contributed by atoms with E-state index in [0.717, 1.165) is 11.5 Å². The van der Waals surface area contributed by atoms with Crippen LogP contribution in [0.4, 0.5) is 5.69 Å². The number of hydrogen-bond donors (Lipinski definition) is 1. The highest BCUT2D eigenvalue weighted by molar-refractivity contribution is 8.21. The summed E-state index contributed by atoms with van der Waals surface area (Å²) in [4.78, 5) is 22.1. The molecule has 118 valence electrons. The molecule has 2 rings (SSSR count). The number of thioether (sulfide) groups is 2. The second-order valence-electron chi connectivity index (χ2n) is 4.76. The quantitative estimate of drug-likeness (QED) is 0.495. The maximum Gasteiger partial charge on any atom is 0.270 e. The van der Waals surface area contributed by atoms with Gasteiger partial charge in [-0.3, -0.25) is 14.9 Å². The number of carbonyl (C=O) groups excluding carboxylic acids is 1. The Hall–Kier alpha value is -1.25. The van der Waals surface area contributed by atoms with Crippen molar-refractivity contribution in [3.05, 3.63) is 38.9 Å². The highest BCUT2D eigenvalue weighted by Gasteiger charge is 2.32. The lowest BCUT2D eigenvalue weighted by atomic mass is 10.2. The number of rotatable bonds is 5. The van der Waals surface area contributed by atoms with Gasteiger partial charge >= 0.3 is 0 Å². The molecule has 1 aromatic carbocycles. The van der Waals surface area contributed by atoms with Gasteiger partial charge in [-0.2, -0.15) is 5.10 Å². The summed E-state index contributed by atoms with van der Waals surface area (Å²) in [6.45, 7) is 2.04. The third-order valence-electron chi connectivity index (χ3n) is 2.96. The van der Waals surface area contributed by atoms with E-state index in [4.69, 9.17) is 11.6 Å². The number of nitro benzene ring substituents is 1. The number of halogens is 1. The molecule has 1 fully saturated rings. The minimum atomic E-state index is -0.512. The molecule has 0 bridgehead atoms. The smallest absolute Gasteiger partial charge is 0.270 e. The molecule has 0 spiro atoms. The van der Waals surface area contributed by atoms with Gasteiger partial charge in [0.05, 0.1) is 21.6 Å². The largest absolute Gasteiger partial charge is 0.273 e. The lowest BCUT2D eigenvalue weighted by molar-refractivity contribution is -0.384. The molecule has 0 aliphatic carbocycles. The van der Waals surface area contributed by atoms with Crippen molar-refractivity contribution in [3.8, 4) is 0 Å². The normalized spacial score (nSPS) is 16.8. The molecular formula is C13H14ClN3O3S2. The Kier molecular flexibility index (Phi) is 5.71. The number of hydrogen-bond acceptors (Lipinski definition) is 6. The monoisotopic (exact) mass is 359 g/mol. The van der Waals surface area contributed by atoms with Crippen molar-refractivity contribution >= 4 is 52.9 Å². The number of amides is 1. The van der Waals surface area contributed by atoms with Gasteiger partial charge in [-0.1, -0.05) is 11.6 Å². The van der Waals surface area contributed by atoms with Crippen LogP contribution in [0.3, 0.4) is 0 Å². The lowest BCUT2D eigenvalue weighted by Gasteiger charge is -2.19. The predicted molar refractivity (Wildman–Crippen MR) is 91.8 cm³/mol. The standard InChI is InChI=1S/C13H14ClN3O3S2/c1-13(21-4-5-22-13)7-12(18)16-15-8-9-6-10(17(19)20)2-3-11(9)14/h2-3,6,8H,4-5,7H2,1H3,(H,16,18)/b15-8-. The first-order valence-electron chi connectivity index (χ1n) is 6.43. The maximum absolute atomic E-state index is 11.9. The average Bonchev–Trinajstić information content (AvgIpc) is 2.86. The van der Waals surface area contributed by atoms with Crippen LogP contribution in [-0.2, 0) is 4.79 Å². The van der Waals surface area contributed by atoms with Crippen LogP contribution >= 0.6 is 35.1 Å². The molecule has 9 heteroatoms. The van der Waals surface area contributed by atoms with Crippen LogP contribution in [0, 0.1) is 10.1 Å². The van der Waals surface area contributed by atoms with E-state index in [0.29, 0.717) is 17.0 Å². The zero-order chi connectivity index (χ0) is 16.2. The molecule has 1 amide bonds. The lowest BCUT2D eigenvalue weighted by Crippen LogP contribution is -2.26. The SMILES string of the molecule is CC1(CC(=O)N/N=C\c2cc([N+](=O)[O-])ccc2Cl)SCCS1. The highest BCUT2D eigenvalue weighted by Crippen LogP contribution is 2.45. The fourth-order valence-electron chi connectivity index (χ4n) is 1.91. The summed E-state index contributed by atoms with van der Waals surface area (Å²) >= 11 is 9.47. The topological polar surface area (TPSA) is 84.6 Å². The van der Waals surface area contributed by atoms with Gasteiger partial charge in [0.25, 0.3) is 5.69 Å². The van der Waals surface area contributed by atoms with Gasteiger partial charge < -0.3 is 0 Å². The van der Waals surface area contributed by atoms with Crippen molar-refractivity contribution in [1.82, 2.24) is 5.43 Å². The van der Waals surface area contributed by atoms with Crippen molar-refractivity contribution in [2.24, 2.45) is 5.10 Å². The molecule has 6 nitrogen and oxygen atoms in total. The number of nitro groups is 1. The highest BCUT2D eigenvalue weighted by atomic mass is 35.5. The second-order valence-corrected chi connectivity index (χ2v) is 8.63. The van der Waals surface area contributed by atoms with E-state index in [2.05, 4.69) is 10.5 Å². The summed E-state index contributed by atoms with van der Waals surface area (Å²) in [5.41, 5.74) is 2.74. The number of benzene rings is 1. The molecule has 0 atom stereocenters. The van der Waals surface area contributed by atoms with Gasteiger partial charge in [-0.05, 0) is 13.0 Å². The van der Waals surface area contributed by atoms with Crippen molar-refractivity contribution in [2.45, 2.75) is 17.4 Å². The number of hydrazone groups is 1. The molecular weight excluding hydrogens is 346 g/mol. The zero-order valence-corrected chi connectivity index (χ0v) is 14.1. The third-order valence-corrected chi connectivity index (χ3v) is 6.60. The maximum atomic E-state index is 11.9. The van der Waals surface area contributed by atoms with Gasteiger partial charge in [-0.15, -0.1) is 23.5 Å². The molecule has 22 heavy (non-hydrogen) atoms. The predicted octanol–water partition coefficient (Wildman–Crippen LogP) is 3.28. The Balaban J connectivity index is 1.96. The fraction of sp³-hybridized carbons (Fsp3) is 0.385. The van der Waals surface area contributed by atoms with Gasteiger partial charge in [0.2, 0.25) is 5.91 Å². The molecule has 1 heterocycles. The molecule has 0 aromatic heterocycles. The van der Waals surface area contributed by atoms with Crippen molar-refractivity contribution in [1.29, 1.82) is 0 Å². The summed E-state index contributed by atoms with van der Waals surface area (Å²) in [5.74, 6) is 1.89. The minimum Gasteiger partial charge on any atom is -0.273 e. The Morgan fingerprint density at radius 2 is 2.23 bits per heavy atom. The first kappa shape index (κ1) is 17.1. The second kappa shape index (κ2) is 7.34. The van der Waals surface area contributed by atoms with E-state index in [1.807, 2.05) is 6.92 Å². The minimum absolute atomic E-state index is 0.0801. The van der Waals surface area contributed by atoms with Crippen LogP contribution in [0.5, 0.6) is 0 Å². The van der Waals surface area contributed by atoms with Crippen molar-refractivity contribution in [3.63, 3.8) is 0 Å². The molecule has 0 saturated carbocycles. The Labute approximate surface area is 141 Å². The molecule has 1 aliphatic rings. The summed E-state index contributed by atoms with van der Waals surface area (Å²) in [5, 5.41) is 14.9. The van der Waals surface area contributed by atoms with Crippen LogP contribution < -0.4 is 5.43 Å². The number of non-ortho nitro benzene ring substituents is 1. The van der Waals surface area contributed by atoms with Gasteiger partial charge in [0, 0.05) is 34.2 Å². The summed E-state index contributed by atoms with van der Waals surface area (Å²) in [7, 11) is 0. The summed E-state index contributed by atoms with van der Waals surface area (Å²) in [6.07, 6.45) is 1.67. The van der Waals surface area contributed by atoms with E-state index in [9.17, 15) is 14.9 Å². The zero-order valence-electron chi connectivity index (χ0n) is 11.7. The van der Waals surface area contributed by atoms with Gasteiger partial charge in [-0.25, -0.2) is 5.43 Å². The van der Waals surface area contributed by atoms with Crippen LogP contribution in [0.1, 0.15) is 18.9 Å². The molecule has 1 aliphatic heterocycles. The fourth-order valence-corrected chi connectivity index (χ4v) is 4.90. The van der Waals surface area contributed by atoms with Crippen molar-refractivity contribution in [2.75, 3.05) is 11.5 Å². The van der Waals surface area contributed by atoms with E-state index >= 15 is 0 Å². The van der Waals surface area contributed by atoms with Gasteiger partial charge in [0.1, 0.15) is 0 Å². The first-order chi connectivity index (χ1) is 10.4. The van der Waals surface area contributed by atoms with Crippen LogP contribution in [0.2, 0.25) is 5.02 Å². The van der Waals surface area contributed by atoms with Crippen LogP contribution in [0.25, 0.3) is 0 Å². The van der Waals surface area contributed by atoms with E-state index in [-0.39, 0.29) is 15.7 Å². The number of nitrogens with one attached hydrogen (secondary N) is 1. The third kappa shape index (κ3) is 4.62. The Morgan fingerprint density at radius 3 is 2.86 bits per heavy atom.